The van der Waals surface area contributed by atoms with E-state index in [0.29, 0.717) is 51.2 Å². The average Bonchev–Trinajstić information content (AvgIpc) is 3.58. The number of hydrogen-bond donors (Lipinski definition) is 1. The number of hydrogen-bond acceptors (Lipinski definition) is 5. The monoisotopic (exact) mass is 552 g/mol. The molecule has 0 spiro atoms. The zero-order valence-electron chi connectivity index (χ0n) is 20.8. The number of nitrogens with one attached hydrogen (secondary N) is 1. The maximum Gasteiger partial charge on any atom is 0.182 e. The van der Waals surface area contributed by atoms with Gasteiger partial charge in [0.2, 0.25) is 0 Å². The number of rotatable bonds is 7. The summed E-state index contributed by atoms with van der Waals surface area (Å²) in [6, 6.07) is 12.1. The molecule has 11 heteroatoms. The van der Waals surface area contributed by atoms with Crippen molar-refractivity contribution in [3.63, 3.8) is 0 Å². The van der Waals surface area contributed by atoms with Gasteiger partial charge in [0.15, 0.2) is 17.5 Å². The van der Waals surface area contributed by atoms with E-state index in [0.717, 1.165) is 31.7 Å². The standard InChI is InChI=1S/C28H24ClF3N6O/c29-18-7-9-20(26(11-18)39-15-17-6-8-19(21(30)10-17)27-34-36-37-35-27)28-33-24-12-22(31)23(32)13-25(24)38(28)14-16-4-2-1-3-5-16/h6-13,16H,1-5,14-15H2,(H,34,35,36,37). The normalized spacial score (nSPS) is 14.3. The summed E-state index contributed by atoms with van der Waals surface area (Å²) < 4.78 is 51.3. The Morgan fingerprint density at radius 1 is 0.923 bits per heavy atom. The van der Waals surface area contributed by atoms with Crippen LogP contribution in [0.15, 0.2) is 48.5 Å². The molecule has 0 saturated heterocycles. The number of aromatic amines is 1. The van der Waals surface area contributed by atoms with Crippen molar-refractivity contribution < 1.29 is 17.9 Å². The second kappa shape index (κ2) is 10.7. The van der Waals surface area contributed by atoms with Crippen LogP contribution in [0.5, 0.6) is 5.75 Å². The number of nitrogens with zero attached hydrogens (tertiary/aromatic N) is 5. The zero-order valence-corrected chi connectivity index (χ0v) is 21.6. The number of aromatic nitrogens is 6. The average molecular weight is 553 g/mol. The molecule has 2 heterocycles. The van der Waals surface area contributed by atoms with E-state index in [-0.39, 0.29) is 18.0 Å². The highest BCUT2D eigenvalue weighted by molar-refractivity contribution is 6.30. The van der Waals surface area contributed by atoms with Gasteiger partial charge in [0.05, 0.1) is 22.2 Å². The fourth-order valence-electron chi connectivity index (χ4n) is 5.21. The molecular weight excluding hydrogens is 529 g/mol. The van der Waals surface area contributed by atoms with Crippen LogP contribution in [0.3, 0.4) is 0 Å². The van der Waals surface area contributed by atoms with Gasteiger partial charge in [0.1, 0.15) is 24.0 Å². The molecule has 3 aromatic carbocycles. The summed E-state index contributed by atoms with van der Waals surface area (Å²) in [4.78, 5) is 4.70. The highest BCUT2D eigenvalue weighted by atomic mass is 35.5. The van der Waals surface area contributed by atoms with Crippen LogP contribution in [0.4, 0.5) is 13.2 Å². The van der Waals surface area contributed by atoms with Crippen molar-refractivity contribution in [1.82, 2.24) is 30.2 Å². The molecule has 1 fully saturated rings. The molecule has 1 aliphatic carbocycles. The minimum Gasteiger partial charge on any atom is -0.488 e. The lowest BCUT2D eigenvalue weighted by Crippen LogP contribution is -2.15. The Bertz CT molecular complexity index is 1630. The van der Waals surface area contributed by atoms with Gasteiger partial charge in [0, 0.05) is 23.7 Å². The number of tetrazole rings is 1. The van der Waals surface area contributed by atoms with Crippen molar-refractivity contribution in [1.29, 1.82) is 0 Å². The van der Waals surface area contributed by atoms with Crippen molar-refractivity contribution in [2.24, 2.45) is 5.92 Å². The fraction of sp³-hybridized carbons (Fsp3) is 0.286. The highest BCUT2D eigenvalue weighted by Gasteiger charge is 2.23. The van der Waals surface area contributed by atoms with Gasteiger partial charge in [0.25, 0.3) is 0 Å². The molecule has 0 atom stereocenters. The lowest BCUT2D eigenvalue weighted by molar-refractivity contribution is 0.305. The minimum absolute atomic E-state index is 0.0469. The molecule has 5 aromatic rings. The molecule has 200 valence electrons. The van der Waals surface area contributed by atoms with E-state index in [1.165, 1.54) is 18.6 Å². The number of fused-ring (bicyclic) bond motifs is 1. The van der Waals surface area contributed by atoms with Crippen LogP contribution < -0.4 is 4.74 Å². The first-order valence-corrected chi connectivity index (χ1v) is 13.1. The first-order chi connectivity index (χ1) is 19.0. The predicted molar refractivity (Wildman–Crippen MR) is 141 cm³/mol. The SMILES string of the molecule is Fc1cc2nc(-c3ccc(Cl)cc3OCc3ccc(-c4nnn[nH]4)c(F)c3)n(CC3CCCCC3)c2cc1F. The number of benzene rings is 3. The van der Waals surface area contributed by atoms with Crippen LogP contribution >= 0.6 is 11.6 Å². The Morgan fingerprint density at radius 2 is 1.72 bits per heavy atom. The molecule has 6 rings (SSSR count). The van der Waals surface area contributed by atoms with Crippen molar-refractivity contribution in [3.05, 3.63) is 76.6 Å². The van der Waals surface area contributed by atoms with Gasteiger partial charge in [-0.3, -0.25) is 0 Å². The largest absolute Gasteiger partial charge is 0.488 e. The third kappa shape index (κ3) is 5.21. The molecule has 2 aromatic heterocycles. The molecule has 1 saturated carbocycles. The zero-order chi connectivity index (χ0) is 26.9. The second-order valence-corrected chi connectivity index (χ2v) is 10.2. The molecule has 0 amide bonds. The summed E-state index contributed by atoms with van der Waals surface area (Å²) in [5.74, 6) is -0.783. The first kappa shape index (κ1) is 25.4. The number of imidazole rings is 1. The quantitative estimate of drug-likeness (QED) is 0.233. The first-order valence-electron chi connectivity index (χ1n) is 12.8. The molecule has 0 aliphatic heterocycles. The Morgan fingerprint density at radius 3 is 2.49 bits per heavy atom. The van der Waals surface area contributed by atoms with Crippen molar-refractivity contribution in [2.45, 2.75) is 45.3 Å². The van der Waals surface area contributed by atoms with Crippen molar-refractivity contribution >= 4 is 22.6 Å². The van der Waals surface area contributed by atoms with E-state index in [1.807, 2.05) is 4.57 Å². The lowest BCUT2D eigenvalue weighted by atomic mass is 9.89. The fourth-order valence-corrected chi connectivity index (χ4v) is 5.38. The molecule has 0 bridgehead atoms. The van der Waals surface area contributed by atoms with Gasteiger partial charge >= 0.3 is 0 Å². The van der Waals surface area contributed by atoms with Gasteiger partial charge in [-0.25, -0.2) is 23.3 Å². The third-order valence-corrected chi connectivity index (χ3v) is 7.40. The van der Waals surface area contributed by atoms with Crippen molar-refractivity contribution in [2.75, 3.05) is 0 Å². The summed E-state index contributed by atoms with van der Waals surface area (Å²) in [5.41, 5.74) is 2.32. The van der Waals surface area contributed by atoms with Gasteiger partial charge in [-0.15, -0.1) is 5.10 Å². The van der Waals surface area contributed by atoms with Crippen LogP contribution in [-0.4, -0.2) is 30.2 Å². The van der Waals surface area contributed by atoms with E-state index in [2.05, 4.69) is 20.6 Å². The van der Waals surface area contributed by atoms with E-state index in [4.69, 9.17) is 21.3 Å². The topological polar surface area (TPSA) is 81.5 Å². The molecular formula is C28H24ClF3N6O. The van der Waals surface area contributed by atoms with Crippen LogP contribution in [0, 0.1) is 23.4 Å². The summed E-state index contributed by atoms with van der Waals surface area (Å²) in [7, 11) is 0. The maximum absolute atomic E-state index is 14.7. The van der Waals surface area contributed by atoms with E-state index < -0.39 is 17.5 Å². The van der Waals surface area contributed by atoms with Crippen LogP contribution in [-0.2, 0) is 13.2 Å². The Balaban J connectivity index is 1.36. The molecule has 0 unspecified atom stereocenters. The Labute approximate surface area is 227 Å². The number of halogens is 4. The lowest BCUT2D eigenvalue weighted by Gasteiger charge is -2.23. The smallest absolute Gasteiger partial charge is 0.182 e. The highest BCUT2D eigenvalue weighted by Crippen LogP contribution is 2.37. The third-order valence-electron chi connectivity index (χ3n) is 7.17. The van der Waals surface area contributed by atoms with E-state index in [9.17, 15) is 13.2 Å². The van der Waals surface area contributed by atoms with Gasteiger partial charge < -0.3 is 9.30 Å². The summed E-state index contributed by atoms with van der Waals surface area (Å²) in [6.45, 7) is 0.674. The molecule has 1 N–H and O–H groups in total. The molecule has 1 aliphatic rings. The van der Waals surface area contributed by atoms with Crippen LogP contribution in [0.1, 0.15) is 37.7 Å². The Kier molecular flexibility index (Phi) is 6.95. The minimum atomic E-state index is -0.949. The maximum atomic E-state index is 14.7. The number of ether oxygens (including phenoxy) is 1. The predicted octanol–water partition coefficient (Wildman–Crippen LogP) is 7.11. The van der Waals surface area contributed by atoms with Crippen molar-refractivity contribution in [3.8, 4) is 28.5 Å². The summed E-state index contributed by atoms with van der Waals surface area (Å²) >= 11 is 6.32. The van der Waals surface area contributed by atoms with Gasteiger partial charge in [-0.05, 0) is 65.1 Å². The van der Waals surface area contributed by atoms with E-state index >= 15 is 0 Å². The van der Waals surface area contributed by atoms with E-state index in [1.54, 1.807) is 30.3 Å². The Hall–Kier alpha value is -3.92. The molecule has 0 radical (unpaired) electrons. The molecule has 39 heavy (non-hydrogen) atoms. The van der Waals surface area contributed by atoms with Crippen LogP contribution in [0.25, 0.3) is 33.8 Å². The second-order valence-electron chi connectivity index (χ2n) is 9.80. The summed E-state index contributed by atoms with van der Waals surface area (Å²) in [5, 5.41) is 13.7. The molecule has 7 nitrogen and oxygen atoms in total. The van der Waals surface area contributed by atoms with Gasteiger partial charge in [-0.2, -0.15) is 0 Å². The van der Waals surface area contributed by atoms with Gasteiger partial charge in [-0.1, -0.05) is 36.9 Å². The number of H-pyrrole nitrogens is 1. The summed E-state index contributed by atoms with van der Waals surface area (Å²) in [6.07, 6.45) is 5.64. The van der Waals surface area contributed by atoms with Crippen LogP contribution in [0.2, 0.25) is 5.02 Å².